The van der Waals surface area contributed by atoms with Gasteiger partial charge in [-0.1, -0.05) is 206 Å². The second-order valence-corrected chi connectivity index (χ2v) is 14.9. The lowest BCUT2D eigenvalue weighted by atomic mass is 9.91. The lowest BCUT2D eigenvalue weighted by Crippen LogP contribution is -2.10. The fraction of sp³-hybridized carbons (Fsp3) is 0. The van der Waals surface area contributed by atoms with Crippen LogP contribution in [0.4, 0.5) is 17.1 Å². The van der Waals surface area contributed by atoms with Crippen LogP contribution in [0, 0.1) is 0 Å². The van der Waals surface area contributed by atoms with Gasteiger partial charge >= 0.3 is 0 Å². The minimum atomic E-state index is 1.09. The number of hydrogen-bond donors (Lipinski definition) is 0. The van der Waals surface area contributed by atoms with Crippen LogP contribution in [-0.4, -0.2) is 0 Å². The number of fused-ring (bicyclic) bond motifs is 1. The Bertz CT molecular complexity index is 2980. The van der Waals surface area contributed by atoms with Crippen LogP contribution >= 0.6 is 0 Å². The molecule has 59 heavy (non-hydrogen) atoms. The fourth-order valence-corrected chi connectivity index (χ4v) is 8.30. The molecule has 0 radical (unpaired) electrons. The molecular formula is C58H41N. The molecule has 0 aliphatic carbocycles. The summed E-state index contributed by atoms with van der Waals surface area (Å²) in [6.07, 6.45) is 0. The zero-order valence-electron chi connectivity index (χ0n) is 32.6. The number of anilines is 3. The number of benzene rings is 10. The topological polar surface area (TPSA) is 3.24 Å². The maximum absolute atomic E-state index is 2.37. The number of rotatable bonds is 9. The Hall–Kier alpha value is -7.74. The van der Waals surface area contributed by atoms with Crippen molar-refractivity contribution in [2.45, 2.75) is 0 Å². The van der Waals surface area contributed by atoms with E-state index in [2.05, 4.69) is 254 Å². The first kappa shape index (κ1) is 35.7. The van der Waals surface area contributed by atoms with E-state index in [9.17, 15) is 0 Å². The van der Waals surface area contributed by atoms with Gasteiger partial charge in [-0.25, -0.2) is 0 Å². The average Bonchev–Trinajstić information content (AvgIpc) is 3.33. The molecule has 10 aromatic rings. The van der Waals surface area contributed by atoms with Gasteiger partial charge in [-0.2, -0.15) is 0 Å². The van der Waals surface area contributed by atoms with Crippen LogP contribution in [0.2, 0.25) is 0 Å². The predicted octanol–water partition coefficient (Wildman–Crippen LogP) is 16.3. The highest BCUT2D eigenvalue weighted by Gasteiger charge is 2.16. The van der Waals surface area contributed by atoms with E-state index in [0.717, 1.165) is 22.6 Å². The molecule has 0 N–H and O–H groups in total. The molecule has 0 unspecified atom stereocenters. The van der Waals surface area contributed by atoms with Gasteiger partial charge in [-0.15, -0.1) is 0 Å². The molecule has 0 spiro atoms. The Labute approximate surface area is 346 Å². The quantitative estimate of drug-likeness (QED) is 0.142. The van der Waals surface area contributed by atoms with E-state index >= 15 is 0 Å². The van der Waals surface area contributed by atoms with Crippen LogP contribution in [-0.2, 0) is 0 Å². The first-order chi connectivity index (χ1) is 29.2. The van der Waals surface area contributed by atoms with E-state index < -0.39 is 0 Å². The maximum atomic E-state index is 2.37. The van der Waals surface area contributed by atoms with Gasteiger partial charge in [0.05, 0.1) is 0 Å². The van der Waals surface area contributed by atoms with Gasteiger partial charge in [0.2, 0.25) is 0 Å². The highest BCUT2D eigenvalue weighted by atomic mass is 15.1. The summed E-state index contributed by atoms with van der Waals surface area (Å²) in [5.74, 6) is 0. The highest BCUT2D eigenvalue weighted by Crippen LogP contribution is 2.41. The van der Waals surface area contributed by atoms with Crippen molar-refractivity contribution >= 4 is 27.8 Å². The van der Waals surface area contributed by atoms with Crippen molar-refractivity contribution in [1.29, 1.82) is 0 Å². The maximum Gasteiger partial charge on any atom is 0.0467 e. The van der Waals surface area contributed by atoms with Gasteiger partial charge in [-0.3, -0.25) is 0 Å². The molecule has 278 valence electrons. The molecule has 0 atom stereocenters. The van der Waals surface area contributed by atoms with Crippen LogP contribution in [0.1, 0.15) is 0 Å². The first-order valence-corrected chi connectivity index (χ1v) is 20.2. The summed E-state index contributed by atoms with van der Waals surface area (Å²) in [5, 5.41) is 2.50. The van der Waals surface area contributed by atoms with Crippen molar-refractivity contribution in [2.75, 3.05) is 4.90 Å². The average molecular weight is 752 g/mol. The number of hydrogen-bond acceptors (Lipinski definition) is 1. The summed E-state index contributed by atoms with van der Waals surface area (Å²) < 4.78 is 0. The Balaban J connectivity index is 1.03. The van der Waals surface area contributed by atoms with Crippen LogP contribution < -0.4 is 4.90 Å². The van der Waals surface area contributed by atoms with Crippen LogP contribution in [0.25, 0.3) is 77.5 Å². The van der Waals surface area contributed by atoms with E-state index in [0.29, 0.717) is 0 Å². The largest absolute Gasteiger partial charge is 0.310 e. The molecule has 10 aromatic carbocycles. The Kier molecular flexibility index (Phi) is 9.68. The van der Waals surface area contributed by atoms with Crippen LogP contribution in [0.15, 0.2) is 249 Å². The van der Waals surface area contributed by atoms with Crippen LogP contribution in [0.5, 0.6) is 0 Å². The van der Waals surface area contributed by atoms with Crippen molar-refractivity contribution in [1.82, 2.24) is 0 Å². The zero-order chi connectivity index (χ0) is 39.4. The van der Waals surface area contributed by atoms with Crippen molar-refractivity contribution in [3.63, 3.8) is 0 Å². The zero-order valence-corrected chi connectivity index (χ0v) is 32.6. The van der Waals surface area contributed by atoms with E-state index in [4.69, 9.17) is 0 Å². The molecule has 0 amide bonds. The van der Waals surface area contributed by atoms with Crippen molar-refractivity contribution in [3.8, 4) is 66.8 Å². The summed E-state index contributed by atoms with van der Waals surface area (Å²) in [4.78, 5) is 2.37. The van der Waals surface area contributed by atoms with Crippen LogP contribution in [0.3, 0.4) is 0 Å². The third-order valence-corrected chi connectivity index (χ3v) is 11.3. The van der Waals surface area contributed by atoms with Crippen molar-refractivity contribution in [2.24, 2.45) is 0 Å². The molecule has 0 aliphatic heterocycles. The molecule has 0 saturated carbocycles. The van der Waals surface area contributed by atoms with E-state index in [1.807, 2.05) is 0 Å². The van der Waals surface area contributed by atoms with Crippen molar-refractivity contribution in [3.05, 3.63) is 249 Å². The molecule has 1 nitrogen and oxygen atoms in total. The molecule has 1 heteroatoms. The summed E-state index contributed by atoms with van der Waals surface area (Å²) in [5.41, 5.74) is 17.7. The molecule has 0 heterocycles. The summed E-state index contributed by atoms with van der Waals surface area (Å²) in [6.45, 7) is 0. The molecule has 0 saturated heterocycles. The lowest BCUT2D eigenvalue weighted by molar-refractivity contribution is 1.28. The molecular weight excluding hydrogens is 711 g/mol. The van der Waals surface area contributed by atoms with Gasteiger partial charge in [-0.05, 0) is 120 Å². The Morgan fingerprint density at radius 2 is 0.542 bits per heavy atom. The minimum Gasteiger partial charge on any atom is -0.310 e. The monoisotopic (exact) mass is 751 g/mol. The molecule has 0 fully saturated rings. The lowest BCUT2D eigenvalue weighted by Gasteiger charge is -2.26. The summed E-state index contributed by atoms with van der Waals surface area (Å²) in [7, 11) is 0. The third-order valence-electron chi connectivity index (χ3n) is 11.3. The minimum absolute atomic E-state index is 1.09. The Morgan fingerprint density at radius 3 is 1.07 bits per heavy atom. The van der Waals surface area contributed by atoms with Crippen molar-refractivity contribution < 1.29 is 0 Å². The molecule has 0 aliphatic rings. The van der Waals surface area contributed by atoms with Gasteiger partial charge in [0, 0.05) is 17.1 Å². The van der Waals surface area contributed by atoms with Gasteiger partial charge in [0.1, 0.15) is 0 Å². The second-order valence-electron chi connectivity index (χ2n) is 14.9. The SMILES string of the molecule is c1ccc(-c2ccc(-c3cccc(-c4cccc(N(c5ccc(-c6ccccc6)cc5)c5ccc(-c6cccc7cccc(-c8ccccc8)c67)cc5)c4)c3)cc2)cc1. The van der Waals surface area contributed by atoms with Gasteiger partial charge in [0.25, 0.3) is 0 Å². The highest BCUT2D eigenvalue weighted by molar-refractivity contribution is 6.06. The van der Waals surface area contributed by atoms with Gasteiger partial charge < -0.3 is 4.90 Å². The van der Waals surface area contributed by atoms with E-state index in [1.54, 1.807) is 0 Å². The standard InChI is InChI=1S/C58H41N/c1-4-14-42(15-5-1)44-28-30-46(31-29-44)50-22-10-23-51(40-50)52-24-11-25-55(41-52)59(53-36-32-45(33-37-53)43-16-6-2-7-17-43)54-38-34-48(35-39-54)57-27-13-21-49-20-12-26-56(58(49)57)47-18-8-3-9-19-47/h1-41H. The molecule has 0 aromatic heterocycles. The smallest absolute Gasteiger partial charge is 0.0467 e. The predicted molar refractivity (Wildman–Crippen MR) is 251 cm³/mol. The molecule has 10 rings (SSSR count). The molecule has 0 bridgehead atoms. The third kappa shape index (κ3) is 7.34. The summed E-state index contributed by atoms with van der Waals surface area (Å²) in [6, 6.07) is 89.7. The van der Waals surface area contributed by atoms with Gasteiger partial charge in [0.15, 0.2) is 0 Å². The first-order valence-electron chi connectivity index (χ1n) is 20.2. The van der Waals surface area contributed by atoms with E-state index in [-0.39, 0.29) is 0 Å². The summed E-state index contributed by atoms with van der Waals surface area (Å²) >= 11 is 0. The Morgan fingerprint density at radius 1 is 0.203 bits per heavy atom. The normalized spacial score (nSPS) is 11.1. The number of nitrogens with zero attached hydrogens (tertiary/aromatic N) is 1. The fourth-order valence-electron chi connectivity index (χ4n) is 8.30. The van der Waals surface area contributed by atoms with E-state index in [1.165, 1.54) is 72.0 Å². The second kappa shape index (κ2) is 16.0.